The second-order valence-corrected chi connectivity index (χ2v) is 9.04. The maximum absolute atomic E-state index is 14.1. The van der Waals surface area contributed by atoms with Crippen LogP contribution in [0.25, 0.3) is 0 Å². The van der Waals surface area contributed by atoms with E-state index in [1.807, 2.05) is 35.2 Å². The summed E-state index contributed by atoms with van der Waals surface area (Å²) < 4.78 is 28.2. The SMILES string of the molecule is CCCC1=NCCN(C(=O)CC(N)C2CC(NCc3ccccc3)c3cc(F)c(F)cc32)C1. The average molecular weight is 455 g/mol. The molecule has 0 aromatic heterocycles. The molecule has 33 heavy (non-hydrogen) atoms. The van der Waals surface area contributed by atoms with Crippen LogP contribution in [0.4, 0.5) is 8.78 Å². The molecule has 3 unspecified atom stereocenters. The van der Waals surface area contributed by atoms with Gasteiger partial charge in [0.25, 0.3) is 0 Å². The number of nitrogens with one attached hydrogen (secondary N) is 1. The number of fused-ring (bicyclic) bond motifs is 1. The summed E-state index contributed by atoms with van der Waals surface area (Å²) in [5.41, 5.74) is 10.1. The van der Waals surface area contributed by atoms with Crippen LogP contribution in [0, 0.1) is 11.6 Å². The van der Waals surface area contributed by atoms with Gasteiger partial charge in [0.1, 0.15) is 0 Å². The molecule has 3 N–H and O–H groups in total. The standard InChI is InChI=1S/C26H32F2N4O/c1-2-6-18-16-32(10-9-30-18)26(33)14-24(29)20-13-25(31-15-17-7-4-3-5-8-17)21-12-23(28)22(27)11-19(20)21/h3-5,7-8,11-12,20,24-25,31H,2,6,9-10,13-16,29H2,1H3. The average Bonchev–Trinajstić information content (AvgIpc) is 3.16. The molecule has 7 heteroatoms. The Kier molecular flexibility index (Phi) is 7.50. The zero-order chi connectivity index (χ0) is 23.4. The molecule has 1 aliphatic carbocycles. The smallest absolute Gasteiger partial charge is 0.224 e. The van der Waals surface area contributed by atoms with E-state index in [2.05, 4.69) is 17.2 Å². The van der Waals surface area contributed by atoms with Crippen molar-refractivity contribution in [2.45, 2.75) is 57.2 Å². The largest absolute Gasteiger partial charge is 0.335 e. The number of benzene rings is 2. The van der Waals surface area contributed by atoms with E-state index in [-0.39, 0.29) is 24.3 Å². The Morgan fingerprint density at radius 3 is 2.67 bits per heavy atom. The molecule has 0 saturated heterocycles. The number of nitrogens with two attached hydrogens (primary N) is 1. The Hall–Kier alpha value is -2.64. The molecule has 0 bridgehead atoms. The molecule has 2 aromatic carbocycles. The highest BCUT2D eigenvalue weighted by molar-refractivity contribution is 5.91. The fraction of sp³-hybridized carbons (Fsp3) is 0.462. The number of hydrogen-bond donors (Lipinski definition) is 2. The predicted molar refractivity (Wildman–Crippen MR) is 126 cm³/mol. The summed E-state index contributed by atoms with van der Waals surface area (Å²) in [5.74, 6) is -1.96. The van der Waals surface area contributed by atoms with Crippen LogP contribution in [0.1, 0.15) is 61.3 Å². The molecule has 0 saturated carbocycles. The molecular weight excluding hydrogens is 422 g/mol. The Labute approximate surface area is 194 Å². The van der Waals surface area contributed by atoms with Crippen LogP contribution in [-0.2, 0) is 11.3 Å². The Morgan fingerprint density at radius 1 is 1.21 bits per heavy atom. The lowest BCUT2D eigenvalue weighted by Gasteiger charge is -2.29. The van der Waals surface area contributed by atoms with Crippen LogP contribution in [0.5, 0.6) is 0 Å². The van der Waals surface area contributed by atoms with Gasteiger partial charge in [-0.15, -0.1) is 0 Å². The highest BCUT2D eigenvalue weighted by Gasteiger charge is 2.37. The zero-order valence-electron chi connectivity index (χ0n) is 19.1. The molecule has 0 radical (unpaired) electrons. The first-order valence-corrected chi connectivity index (χ1v) is 11.8. The van der Waals surface area contributed by atoms with Gasteiger partial charge in [-0.05, 0) is 41.7 Å². The first-order valence-electron chi connectivity index (χ1n) is 11.8. The van der Waals surface area contributed by atoms with E-state index in [1.165, 1.54) is 12.1 Å². The van der Waals surface area contributed by atoms with Gasteiger partial charge in [-0.3, -0.25) is 9.79 Å². The number of hydrogen-bond acceptors (Lipinski definition) is 4. The Morgan fingerprint density at radius 2 is 1.94 bits per heavy atom. The molecule has 2 aliphatic rings. The van der Waals surface area contributed by atoms with Crippen molar-refractivity contribution < 1.29 is 13.6 Å². The minimum atomic E-state index is -0.877. The van der Waals surface area contributed by atoms with E-state index in [1.54, 1.807) is 0 Å². The molecule has 176 valence electrons. The summed E-state index contributed by atoms with van der Waals surface area (Å²) in [4.78, 5) is 19.3. The predicted octanol–water partition coefficient (Wildman–Crippen LogP) is 4.08. The van der Waals surface area contributed by atoms with Crippen molar-refractivity contribution in [1.82, 2.24) is 10.2 Å². The number of aliphatic imine (C=N–C) groups is 1. The van der Waals surface area contributed by atoms with Gasteiger partial charge in [0, 0.05) is 43.2 Å². The van der Waals surface area contributed by atoms with Gasteiger partial charge in [-0.1, -0.05) is 43.7 Å². The summed E-state index contributed by atoms with van der Waals surface area (Å²) in [7, 11) is 0. The lowest BCUT2D eigenvalue weighted by molar-refractivity contribution is -0.131. The summed E-state index contributed by atoms with van der Waals surface area (Å²) >= 11 is 0. The zero-order valence-corrected chi connectivity index (χ0v) is 19.1. The molecule has 3 atom stereocenters. The molecule has 0 fully saturated rings. The van der Waals surface area contributed by atoms with Crippen LogP contribution in [0.3, 0.4) is 0 Å². The van der Waals surface area contributed by atoms with Gasteiger partial charge in [-0.2, -0.15) is 0 Å². The number of nitrogens with zero attached hydrogens (tertiary/aromatic N) is 2. The van der Waals surface area contributed by atoms with E-state index < -0.39 is 17.7 Å². The monoisotopic (exact) mass is 454 g/mol. The molecule has 2 aromatic rings. The first kappa shape index (κ1) is 23.5. The number of amides is 1. The fourth-order valence-electron chi connectivity index (χ4n) is 4.95. The Balaban J connectivity index is 1.46. The lowest BCUT2D eigenvalue weighted by atomic mass is 9.91. The van der Waals surface area contributed by atoms with Crippen molar-refractivity contribution in [1.29, 1.82) is 0 Å². The van der Waals surface area contributed by atoms with Crippen molar-refractivity contribution >= 4 is 11.6 Å². The Bertz CT molecular complexity index is 1010. The quantitative estimate of drug-likeness (QED) is 0.631. The number of carbonyl (C=O) groups excluding carboxylic acids is 1. The van der Waals surface area contributed by atoms with Gasteiger partial charge in [0.05, 0.1) is 13.1 Å². The maximum Gasteiger partial charge on any atom is 0.224 e. The second-order valence-electron chi connectivity index (χ2n) is 9.04. The second kappa shape index (κ2) is 10.5. The number of halogens is 2. The normalized spacial score (nSPS) is 21.0. The number of carbonyl (C=O) groups is 1. The van der Waals surface area contributed by atoms with Crippen LogP contribution < -0.4 is 11.1 Å². The van der Waals surface area contributed by atoms with Gasteiger partial charge in [0.2, 0.25) is 5.91 Å². The van der Waals surface area contributed by atoms with Gasteiger partial charge in [-0.25, -0.2) is 8.78 Å². The van der Waals surface area contributed by atoms with Crippen molar-refractivity contribution in [2.24, 2.45) is 10.7 Å². The van der Waals surface area contributed by atoms with Gasteiger partial charge >= 0.3 is 0 Å². The van der Waals surface area contributed by atoms with E-state index in [0.717, 1.165) is 29.7 Å². The minimum absolute atomic E-state index is 0.00386. The van der Waals surface area contributed by atoms with Crippen LogP contribution in [0.15, 0.2) is 47.5 Å². The van der Waals surface area contributed by atoms with Crippen molar-refractivity contribution in [3.05, 3.63) is 70.8 Å². The minimum Gasteiger partial charge on any atom is -0.335 e. The van der Waals surface area contributed by atoms with E-state index in [9.17, 15) is 13.6 Å². The fourth-order valence-corrected chi connectivity index (χ4v) is 4.95. The van der Waals surface area contributed by atoms with Crippen LogP contribution >= 0.6 is 0 Å². The maximum atomic E-state index is 14.1. The molecule has 1 heterocycles. The number of rotatable bonds is 8. The third-order valence-electron chi connectivity index (χ3n) is 6.68. The molecule has 0 spiro atoms. The highest BCUT2D eigenvalue weighted by atomic mass is 19.2. The topological polar surface area (TPSA) is 70.7 Å². The van der Waals surface area contributed by atoms with Crippen molar-refractivity contribution in [2.75, 3.05) is 19.6 Å². The van der Waals surface area contributed by atoms with Crippen LogP contribution in [-0.4, -0.2) is 42.2 Å². The van der Waals surface area contributed by atoms with E-state index in [0.29, 0.717) is 38.2 Å². The van der Waals surface area contributed by atoms with Crippen molar-refractivity contribution in [3.8, 4) is 0 Å². The lowest BCUT2D eigenvalue weighted by Crippen LogP contribution is -2.44. The van der Waals surface area contributed by atoms with E-state index >= 15 is 0 Å². The summed E-state index contributed by atoms with van der Waals surface area (Å²) in [5, 5.41) is 3.47. The summed E-state index contributed by atoms with van der Waals surface area (Å²) in [6.45, 7) is 4.49. The molecule has 1 amide bonds. The molecule has 1 aliphatic heterocycles. The van der Waals surface area contributed by atoms with E-state index in [4.69, 9.17) is 5.73 Å². The molecule has 5 nitrogen and oxygen atoms in total. The van der Waals surface area contributed by atoms with Crippen molar-refractivity contribution in [3.63, 3.8) is 0 Å². The van der Waals surface area contributed by atoms with Gasteiger partial charge < -0.3 is 16.0 Å². The third kappa shape index (κ3) is 5.47. The molecular formula is C26H32F2N4O. The van der Waals surface area contributed by atoms with Gasteiger partial charge in [0.15, 0.2) is 11.6 Å². The summed E-state index contributed by atoms with van der Waals surface area (Å²) in [6.07, 6.45) is 2.67. The van der Waals surface area contributed by atoms with Crippen LogP contribution in [0.2, 0.25) is 0 Å². The highest BCUT2D eigenvalue weighted by Crippen LogP contribution is 2.43. The summed E-state index contributed by atoms with van der Waals surface area (Å²) in [6, 6.07) is 11.8. The molecule has 4 rings (SSSR count). The first-order chi connectivity index (χ1) is 16.0. The third-order valence-corrected chi connectivity index (χ3v) is 6.68.